The van der Waals surface area contributed by atoms with Crippen LogP contribution in [-0.2, 0) is 40.5 Å². The molecule has 5 N–H and O–H groups in total. The molecule has 2 bridgehead atoms. The Morgan fingerprint density at radius 3 is 2.42 bits per heavy atom. The van der Waals surface area contributed by atoms with Crippen LogP contribution in [0.2, 0.25) is 0 Å². The van der Waals surface area contributed by atoms with Crippen LogP contribution in [0, 0.1) is 0 Å². The van der Waals surface area contributed by atoms with Gasteiger partial charge in [-0.3, -0.25) is 14.5 Å². The van der Waals surface area contributed by atoms with Gasteiger partial charge >= 0.3 is 23.9 Å². The largest absolute Gasteiger partial charge is 0.504 e. The lowest BCUT2D eigenvalue weighted by molar-refractivity contribution is -0.208. The number of carbonyl (C=O) groups is 4. The van der Waals surface area contributed by atoms with E-state index < -0.39 is 72.1 Å². The maximum absolute atomic E-state index is 13.0. The van der Waals surface area contributed by atoms with Crippen molar-refractivity contribution in [3.63, 3.8) is 0 Å². The summed E-state index contributed by atoms with van der Waals surface area (Å²) in [5.41, 5.74) is -1.04. The molecule has 38 heavy (non-hydrogen) atoms. The average molecular weight is 533 g/mol. The van der Waals surface area contributed by atoms with Crippen LogP contribution >= 0.6 is 0 Å². The number of hydrogen-bond acceptors (Lipinski definition) is 11. The second kappa shape index (κ2) is 8.96. The number of phenolic OH excluding ortho intramolecular Hbond substituents is 1. The molecule has 2 aliphatic carbocycles. The van der Waals surface area contributed by atoms with Gasteiger partial charge < -0.3 is 39.7 Å². The second-order valence-corrected chi connectivity index (χ2v) is 10.1. The number of hydrogen-bond donors (Lipinski definition) is 5. The number of phenols is 1. The highest BCUT2D eigenvalue weighted by Crippen LogP contribution is 2.66. The van der Waals surface area contributed by atoms with Crippen molar-refractivity contribution in [3.05, 3.63) is 35.1 Å². The van der Waals surface area contributed by atoms with Gasteiger partial charge in [-0.15, -0.1) is 0 Å². The number of piperidine rings is 1. The molecule has 4 aliphatic rings. The Bertz CT molecular complexity index is 1260. The molecule has 1 aromatic carbocycles. The molecule has 6 atom stereocenters. The number of aliphatic hydroxyl groups is 2. The van der Waals surface area contributed by atoms with Crippen molar-refractivity contribution in [3.8, 4) is 11.5 Å². The molecule has 0 aromatic heterocycles. The SMILES string of the molecule is CN1CC[C@]23c4c5ccc(O)c4O[C@H]2C(OC(=O)CC(O)C(=O)O)=CC[C@@]3(OC(=O)CC(O)C(=O)O)[C@H]1C5. The first-order valence-corrected chi connectivity index (χ1v) is 12.1. The molecule has 0 amide bonds. The number of carboxylic acids is 2. The summed E-state index contributed by atoms with van der Waals surface area (Å²) < 4.78 is 17.8. The summed E-state index contributed by atoms with van der Waals surface area (Å²) in [4.78, 5) is 49.7. The lowest BCUT2D eigenvalue weighted by atomic mass is 9.50. The summed E-state index contributed by atoms with van der Waals surface area (Å²) in [6, 6.07) is 2.83. The van der Waals surface area contributed by atoms with Crippen molar-refractivity contribution in [2.45, 2.75) is 67.5 Å². The molecule has 2 unspecified atom stereocenters. The third-order valence-electron chi connectivity index (χ3n) is 8.13. The number of nitrogens with zero attached hydrogens (tertiary/aromatic N) is 1. The van der Waals surface area contributed by atoms with E-state index in [2.05, 4.69) is 0 Å². The van der Waals surface area contributed by atoms with Gasteiger partial charge in [0.25, 0.3) is 0 Å². The van der Waals surface area contributed by atoms with E-state index in [4.69, 9.17) is 24.4 Å². The lowest BCUT2D eigenvalue weighted by Crippen LogP contribution is -2.75. The predicted octanol–water partition coefficient (Wildman–Crippen LogP) is -0.565. The van der Waals surface area contributed by atoms with E-state index in [1.165, 1.54) is 12.1 Å². The molecule has 0 radical (unpaired) electrons. The van der Waals surface area contributed by atoms with E-state index in [0.29, 0.717) is 24.9 Å². The molecule has 5 rings (SSSR count). The highest BCUT2D eigenvalue weighted by atomic mass is 16.6. The fourth-order valence-corrected chi connectivity index (χ4v) is 6.52. The number of rotatable bonds is 8. The number of likely N-dealkylation sites (tertiary alicyclic amines) is 1. The Morgan fingerprint density at radius 2 is 1.76 bits per heavy atom. The standard InChI is InChI=1S/C25H27NO12/c1-26-7-6-24-19-11-2-3-12(27)20(19)37-21(24)15(36-17(30)9-13(28)22(32)33)4-5-25(24,16(26)8-11)38-18(31)10-14(29)23(34)35/h2-4,13-14,16,21,27-29H,5-10H2,1H3,(H,32,33)(H,34,35)/t13?,14?,16-,21+,24+,25-/m1/s1. The quantitative estimate of drug-likeness (QED) is 0.266. The first kappa shape index (κ1) is 25.9. The van der Waals surface area contributed by atoms with Crippen molar-refractivity contribution in [2.24, 2.45) is 0 Å². The number of aromatic hydroxyl groups is 1. The third-order valence-corrected chi connectivity index (χ3v) is 8.13. The minimum atomic E-state index is -1.97. The number of likely N-dealkylation sites (N-methyl/N-ethyl adjacent to an activating group) is 1. The number of carbonyl (C=O) groups excluding carboxylic acids is 2. The van der Waals surface area contributed by atoms with E-state index in [1.54, 1.807) is 6.07 Å². The van der Waals surface area contributed by atoms with Gasteiger partial charge in [0.2, 0.25) is 0 Å². The predicted molar refractivity (Wildman–Crippen MR) is 123 cm³/mol. The normalized spacial score (nSPS) is 30.2. The molecule has 0 saturated carbocycles. The molecular weight excluding hydrogens is 506 g/mol. The summed E-state index contributed by atoms with van der Waals surface area (Å²) >= 11 is 0. The van der Waals surface area contributed by atoms with E-state index in [9.17, 15) is 34.5 Å². The minimum absolute atomic E-state index is 0.0232. The Morgan fingerprint density at radius 1 is 1.11 bits per heavy atom. The highest BCUT2D eigenvalue weighted by Gasteiger charge is 2.74. The van der Waals surface area contributed by atoms with Crippen molar-refractivity contribution in [1.29, 1.82) is 0 Å². The van der Waals surface area contributed by atoms with Gasteiger partial charge in [-0.25, -0.2) is 9.59 Å². The van der Waals surface area contributed by atoms with E-state index in [-0.39, 0.29) is 23.7 Å². The van der Waals surface area contributed by atoms with Crippen LogP contribution in [0.15, 0.2) is 24.0 Å². The molecule has 13 nitrogen and oxygen atoms in total. The third kappa shape index (κ3) is 3.64. The maximum Gasteiger partial charge on any atom is 0.333 e. The summed E-state index contributed by atoms with van der Waals surface area (Å²) in [6.07, 6.45) is -4.30. The number of carboxylic acid groups (broad SMARTS) is 2. The molecule has 1 saturated heterocycles. The summed E-state index contributed by atoms with van der Waals surface area (Å²) in [6.45, 7) is 0.523. The Kier molecular flexibility index (Phi) is 6.12. The van der Waals surface area contributed by atoms with Gasteiger partial charge in [0.15, 0.2) is 29.8 Å². The van der Waals surface area contributed by atoms with Gasteiger partial charge in [-0.05, 0) is 44.1 Å². The van der Waals surface area contributed by atoms with Crippen molar-refractivity contribution < 1.29 is 58.9 Å². The van der Waals surface area contributed by atoms with Gasteiger partial charge in [0.05, 0.1) is 24.3 Å². The van der Waals surface area contributed by atoms with E-state index in [1.807, 2.05) is 11.9 Å². The number of benzene rings is 1. The molecule has 2 aliphatic heterocycles. The molecule has 1 aromatic rings. The number of aliphatic hydroxyl groups excluding tert-OH is 2. The smallest absolute Gasteiger partial charge is 0.333 e. The van der Waals surface area contributed by atoms with Crippen LogP contribution < -0.4 is 4.74 Å². The average Bonchev–Trinajstić information content (AvgIpc) is 3.20. The van der Waals surface area contributed by atoms with Crippen LogP contribution in [-0.4, -0.2) is 97.9 Å². The van der Waals surface area contributed by atoms with Crippen molar-refractivity contribution >= 4 is 23.9 Å². The van der Waals surface area contributed by atoms with Crippen LogP contribution in [0.3, 0.4) is 0 Å². The molecule has 2 heterocycles. The molecule has 13 heteroatoms. The van der Waals surface area contributed by atoms with E-state index >= 15 is 0 Å². The van der Waals surface area contributed by atoms with Gasteiger partial charge in [-0.2, -0.15) is 0 Å². The summed E-state index contributed by atoms with van der Waals surface area (Å²) in [7, 11) is 1.86. The van der Waals surface area contributed by atoms with E-state index in [0.717, 1.165) is 5.56 Å². The van der Waals surface area contributed by atoms with Gasteiger partial charge in [0, 0.05) is 12.0 Å². The lowest BCUT2D eigenvalue weighted by Gasteiger charge is -2.62. The van der Waals surface area contributed by atoms with Crippen LogP contribution in [0.4, 0.5) is 0 Å². The maximum atomic E-state index is 13.0. The first-order valence-electron chi connectivity index (χ1n) is 12.1. The zero-order valence-corrected chi connectivity index (χ0v) is 20.3. The topological polar surface area (TPSA) is 200 Å². The Balaban J connectivity index is 1.60. The minimum Gasteiger partial charge on any atom is -0.504 e. The van der Waals surface area contributed by atoms with Crippen LogP contribution in [0.5, 0.6) is 11.5 Å². The van der Waals surface area contributed by atoms with Crippen molar-refractivity contribution in [1.82, 2.24) is 4.90 Å². The first-order chi connectivity index (χ1) is 17.9. The number of ether oxygens (including phenoxy) is 3. The Hall–Kier alpha value is -3.68. The second-order valence-electron chi connectivity index (χ2n) is 10.1. The van der Waals surface area contributed by atoms with Crippen LogP contribution in [0.25, 0.3) is 0 Å². The molecule has 1 fully saturated rings. The monoisotopic (exact) mass is 533 g/mol. The zero-order chi connectivity index (χ0) is 27.6. The molecule has 1 spiro atoms. The summed E-state index contributed by atoms with van der Waals surface area (Å²) in [5, 5.41) is 48.1. The Labute approximate surface area is 215 Å². The van der Waals surface area contributed by atoms with Crippen LogP contribution in [0.1, 0.15) is 36.8 Å². The summed E-state index contributed by atoms with van der Waals surface area (Å²) in [5.74, 6) is -5.10. The fourth-order valence-electron chi connectivity index (χ4n) is 6.52. The molecule has 204 valence electrons. The van der Waals surface area contributed by atoms with Crippen molar-refractivity contribution in [2.75, 3.05) is 13.6 Å². The van der Waals surface area contributed by atoms with Gasteiger partial charge in [-0.1, -0.05) is 6.07 Å². The van der Waals surface area contributed by atoms with Gasteiger partial charge in [0.1, 0.15) is 11.4 Å². The fraction of sp³-hybridized carbons (Fsp3) is 0.520. The zero-order valence-electron chi connectivity index (χ0n) is 20.3. The number of esters is 2. The molecular formula is C25H27NO12. The highest BCUT2D eigenvalue weighted by molar-refractivity contribution is 5.82. The number of aliphatic carboxylic acids is 2.